The van der Waals surface area contributed by atoms with E-state index in [1.807, 2.05) is 12.1 Å². The molecule has 2 radical (unpaired) electrons. The van der Waals surface area contributed by atoms with Crippen LogP contribution in [-0.4, -0.2) is 19.7 Å². The number of benzene rings is 2. The molecule has 2 aromatic carbocycles. The van der Waals surface area contributed by atoms with Crippen molar-refractivity contribution in [1.29, 1.82) is 5.41 Å². The summed E-state index contributed by atoms with van der Waals surface area (Å²) in [5, 5.41) is 11.3. The molecule has 0 saturated heterocycles. The zero-order valence-electron chi connectivity index (χ0n) is 12.3. The number of hydrogen-bond donors (Lipinski definition) is 3. The summed E-state index contributed by atoms with van der Waals surface area (Å²) in [6, 6.07) is 14.9. The predicted molar refractivity (Wildman–Crippen MR) is 90.9 cm³/mol. The molecule has 1 aliphatic carbocycles. The summed E-state index contributed by atoms with van der Waals surface area (Å²) < 4.78 is 0. The molecule has 0 bridgehead atoms. The molecule has 0 saturated carbocycles. The van der Waals surface area contributed by atoms with Gasteiger partial charge in [-0.05, 0) is 47.2 Å². The van der Waals surface area contributed by atoms with E-state index in [9.17, 15) is 0 Å². The van der Waals surface area contributed by atoms with Crippen LogP contribution in [0, 0.1) is 11.3 Å². The van der Waals surface area contributed by atoms with Gasteiger partial charge in [0.2, 0.25) is 0 Å². The van der Waals surface area contributed by atoms with Crippen LogP contribution in [-0.2, 0) is 6.42 Å². The molecule has 1 unspecified atom stereocenters. The minimum Gasteiger partial charge on any atom is -0.384 e. The van der Waals surface area contributed by atoms with Gasteiger partial charge in [0, 0.05) is 23.2 Å². The third kappa shape index (κ3) is 1.87. The number of fused-ring (bicyclic) bond motifs is 5. The molecule has 3 nitrogen and oxygen atoms in total. The van der Waals surface area contributed by atoms with Crippen LogP contribution in [0.5, 0.6) is 0 Å². The Bertz CT molecular complexity index is 756. The number of hydrogen-bond acceptors (Lipinski definition) is 2. The van der Waals surface area contributed by atoms with Crippen LogP contribution in [0.4, 0.5) is 5.69 Å². The molecular weight excluding hydrogens is 269 g/mol. The van der Waals surface area contributed by atoms with Crippen LogP contribution >= 0.6 is 0 Å². The lowest BCUT2D eigenvalue weighted by Crippen LogP contribution is -2.36. The Morgan fingerprint density at radius 2 is 2.05 bits per heavy atom. The highest BCUT2D eigenvalue weighted by molar-refractivity contribution is 6.09. The van der Waals surface area contributed by atoms with E-state index in [1.54, 1.807) is 0 Å². The summed E-state index contributed by atoms with van der Waals surface area (Å²) in [5.74, 6) is 0.934. The number of amidine groups is 1. The minimum atomic E-state index is 0.117. The second kappa shape index (κ2) is 4.91. The molecule has 0 amide bonds. The second-order valence-electron chi connectivity index (χ2n) is 6.25. The molecule has 22 heavy (non-hydrogen) atoms. The van der Waals surface area contributed by atoms with Gasteiger partial charge in [0.25, 0.3) is 0 Å². The van der Waals surface area contributed by atoms with Gasteiger partial charge in [-0.15, -0.1) is 0 Å². The summed E-state index contributed by atoms with van der Waals surface area (Å²) in [7, 11) is 6.01. The van der Waals surface area contributed by atoms with E-state index >= 15 is 0 Å². The number of nitrogens with two attached hydrogens (primary N) is 1. The van der Waals surface area contributed by atoms with E-state index in [1.165, 1.54) is 16.7 Å². The monoisotopic (exact) mass is 287 g/mol. The number of nitrogens with one attached hydrogen (secondary N) is 2. The normalized spacial score (nSPS) is 24.8. The van der Waals surface area contributed by atoms with Crippen molar-refractivity contribution in [3.63, 3.8) is 0 Å². The maximum Gasteiger partial charge on any atom is 0.122 e. The lowest BCUT2D eigenvalue weighted by atomic mass is 9.74. The molecule has 3 atom stereocenters. The Labute approximate surface area is 131 Å². The Kier molecular flexibility index (Phi) is 3.00. The first-order valence-electron chi connectivity index (χ1n) is 7.72. The van der Waals surface area contributed by atoms with Crippen LogP contribution in [0.3, 0.4) is 0 Å². The molecule has 4 rings (SSSR count). The Hall–Kier alpha value is -2.23. The van der Waals surface area contributed by atoms with Gasteiger partial charge >= 0.3 is 0 Å². The molecule has 108 valence electrons. The molecule has 0 aromatic heterocycles. The van der Waals surface area contributed by atoms with Gasteiger partial charge in [0.05, 0.1) is 7.85 Å². The van der Waals surface area contributed by atoms with Gasteiger partial charge < -0.3 is 11.1 Å². The molecular formula is C18H18BN3. The number of nitrogen functional groups attached to an aromatic ring is 1. The summed E-state index contributed by atoms with van der Waals surface area (Å²) in [6.07, 6.45) is 1.68. The Morgan fingerprint density at radius 3 is 2.82 bits per heavy atom. The van der Waals surface area contributed by atoms with Crippen molar-refractivity contribution in [3.8, 4) is 0 Å². The zero-order chi connectivity index (χ0) is 15.3. The average molecular weight is 287 g/mol. The van der Waals surface area contributed by atoms with Gasteiger partial charge in [0.15, 0.2) is 0 Å². The number of anilines is 1. The quantitative estimate of drug-likeness (QED) is 0.452. The van der Waals surface area contributed by atoms with Crippen molar-refractivity contribution in [1.82, 2.24) is 0 Å². The predicted octanol–water partition coefficient (Wildman–Crippen LogP) is 2.66. The van der Waals surface area contributed by atoms with Crippen LogP contribution < -0.4 is 11.1 Å². The van der Waals surface area contributed by atoms with Gasteiger partial charge in [-0.1, -0.05) is 30.6 Å². The maximum atomic E-state index is 7.70. The van der Waals surface area contributed by atoms with E-state index in [0.717, 1.165) is 17.7 Å². The number of rotatable bonds is 2. The van der Waals surface area contributed by atoms with E-state index in [4.69, 9.17) is 19.0 Å². The maximum absolute atomic E-state index is 7.70. The van der Waals surface area contributed by atoms with Gasteiger partial charge in [-0.3, -0.25) is 5.41 Å². The standard InChI is InChI=1S/C18H18BN3/c19-9-16-14-7-10-3-1-2-4-12(10)17(14)13-8-11(18(20)21)5-6-15(13)22-16/h1-6,8,14,16-17,22H,7,9H2,(H3,20,21)/t14-,16-,17?/m0/s1. The first kappa shape index (κ1) is 13.4. The van der Waals surface area contributed by atoms with E-state index in [-0.39, 0.29) is 11.9 Å². The van der Waals surface area contributed by atoms with Crippen molar-refractivity contribution < 1.29 is 0 Å². The van der Waals surface area contributed by atoms with Gasteiger partial charge in [0.1, 0.15) is 5.84 Å². The highest BCUT2D eigenvalue weighted by Gasteiger charge is 2.41. The molecule has 0 fully saturated rings. The van der Waals surface area contributed by atoms with Gasteiger partial charge in [-0.25, -0.2) is 0 Å². The van der Waals surface area contributed by atoms with Crippen molar-refractivity contribution in [2.24, 2.45) is 11.7 Å². The second-order valence-corrected chi connectivity index (χ2v) is 6.25. The topological polar surface area (TPSA) is 61.9 Å². The fraction of sp³-hybridized carbons (Fsp3) is 0.278. The van der Waals surface area contributed by atoms with Crippen molar-refractivity contribution in [2.75, 3.05) is 5.32 Å². The molecule has 4 heteroatoms. The minimum absolute atomic E-state index is 0.117. The summed E-state index contributed by atoms with van der Waals surface area (Å²) in [5.41, 5.74) is 11.6. The van der Waals surface area contributed by atoms with Crippen LogP contribution in [0.1, 0.15) is 28.2 Å². The van der Waals surface area contributed by atoms with Crippen LogP contribution in [0.15, 0.2) is 42.5 Å². The summed E-state index contributed by atoms with van der Waals surface area (Å²) >= 11 is 0. The smallest absolute Gasteiger partial charge is 0.122 e. The molecule has 2 aliphatic rings. The Morgan fingerprint density at radius 1 is 1.23 bits per heavy atom. The largest absolute Gasteiger partial charge is 0.384 e. The first-order valence-corrected chi connectivity index (χ1v) is 7.72. The highest BCUT2D eigenvalue weighted by Crippen LogP contribution is 2.50. The van der Waals surface area contributed by atoms with E-state index in [0.29, 0.717) is 18.2 Å². The SMILES string of the molecule is [B]C[C@@H]1Nc2ccc(C(=N)N)cc2C2c3ccccc3C[C@H]21. The van der Waals surface area contributed by atoms with Crippen molar-refractivity contribution >= 4 is 19.4 Å². The van der Waals surface area contributed by atoms with E-state index in [2.05, 4.69) is 35.6 Å². The average Bonchev–Trinajstić information content (AvgIpc) is 2.93. The highest BCUT2D eigenvalue weighted by atomic mass is 14.9. The summed E-state index contributed by atoms with van der Waals surface area (Å²) in [4.78, 5) is 0. The van der Waals surface area contributed by atoms with E-state index < -0.39 is 0 Å². The van der Waals surface area contributed by atoms with Crippen molar-refractivity contribution in [2.45, 2.75) is 24.7 Å². The molecule has 2 aromatic rings. The molecule has 0 spiro atoms. The van der Waals surface area contributed by atoms with Crippen LogP contribution in [0.2, 0.25) is 6.32 Å². The fourth-order valence-electron chi connectivity index (χ4n) is 4.06. The first-order chi connectivity index (χ1) is 10.7. The lowest BCUT2D eigenvalue weighted by Gasteiger charge is -2.37. The van der Waals surface area contributed by atoms with Crippen LogP contribution in [0.25, 0.3) is 0 Å². The van der Waals surface area contributed by atoms with Gasteiger partial charge in [-0.2, -0.15) is 0 Å². The molecule has 1 heterocycles. The lowest BCUT2D eigenvalue weighted by molar-refractivity contribution is 0.432. The Balaban J connectivity index is 1.90. The third-order valence-corrected chi connectivity index (χ3v) is 5.08. The molecule has 4 N–H and O–H groups in total. The zero-order valence-corrected chi connectivity index (χ0v) is 12.3. The summed E-state index contributed by atoms with van der Waals surface area (Å²) in [6.45, 7) is 0. The molecule has 1 aliphatic heterocycles. The van der Waals surface area contributed by atoms with Crippen molar-refractivity contribution in [3.05, 3.63) is 64.7 Å². The third-order valence-electron chi connectivity index (χ3n) is 5.08. The fourth-order valence-corrected chi connectivity index (χ4v) is 4.06.